The lowest BCUT2D eigenvalue weighted by Crippen LogP contribution is -2.39. The summed E-state index contributed by atoms with van der Waals surface area (Å²) in [6.45, 7) is 1.36. The van der Waals surface area contributed by atoms with Crippen LogP contribution in [0, 0.1) is 5.82 Å². The minimum absolute atomic E-state index is 0.0623. The number of piperidine rings is 1. The molecule has 0 saturated carbocycles. The normalized spacial score (nSPS) is 14.2. The molecule has 192 valence electrons. The van der Waals surface area contributed by atoms with Crippen molar-refractivity contribution in [2.24, 2.45) is 0 Å². The molecule has 0 bridgehead atoms. The fraction of sp³-hybridized carbons (Fsp3) is 0.280. The summed E-state index contributed by atoms with van der Waals surface area (Å²) in [6, 6.07) is 14.3. The molecule has 37 heavy (non-hydrogen) atoms. The molecule has 0 aliphatic carbocycles. The molecule has 0 spiro atoms. The topological polar surface area (TPSA) is 104 Å². The van der Waals surface area contributed by atoms with E-state index in [1.165, 1.54) is 19.5 Å². The van der Waals surface area contributed by atoms with Crippen molar-refractivity contribution in [1.82, 2.24) is 24.6 Å². The molecule has 1 saturated heterocycles. The molecule has 12 heteroatoms. The maximum absolute atomic E-state index is 14.6. The number of rotatable bonds is 8. The molecular formula is C25H25FN6O4S. The summed E-state index contributed by atoms with van der Waals surface area (Å²) in [7, 11) is 1.38. The number of hydrogen-bond acceptors (Lipinski definition) is 9. The number of likely N-dealkylation sites (tertiary alicyclic amines) is 1. The van der Waals surface area contributed by atoms with E-state index in [1.807, 2.05) is 35.0 Å². The fourth-order valence-corrected chi connectivity index (χ4v) is 4.60. The van der Waals surface area contributed by atoms with E-state index >= 15 is 0 Å². The summed E-state index contributed by atoms with van der Waals surface area (Å²) in [5.41, 5.74) is 1.85. The van der Waals surface area contributed by atoms with Gasteiger partial charge in [-0.2, -0.15) is 9.43 Å². The molecule has 1 amide bonds. The van der Waals surface area contributed by atoms with Crippen LogP contribution in [-0.4, -0.2) is 50.9 Å². The number of aromatic nitrogens is 4. The van der Waals surface area contributed by atoms with Crippen molar-refractivity contribution in [3.05, 3.63) is 72.4 Å². The zero-order chi connectivity index (χ0) is 25.6. The second-order valence-electron chi connectivity index (χ2n) is 8.39. The third kappa shape index (κ3) is 5.82. The maximum atomic E-state index is 14.6. The Labute approximate surface area is 216 Å². The number of benzene rings is 2. The average molecular weight is 525 g/mol. The number of ether oxygens (including phenoxy) is 1. The molecule has 1 aliphatic heterocycles. The van der Waals surface area contributed by atoms with Crippen LogP contribution in [0.2, 0.25) is 0 Å². The Kier molecular flexibility index (Phi) is 7.78. The molecule has 0 atom stereocenters. The molecule has 3 heterocycles. The van der Waals surface area contributed by atoms with Gasteiger partial charge in [-0.05, 0) is 36.6 Å². The van der Waals surface area contributed by atoms with Crippen LogP contribution in [0.25, 0.3) is 11.0 Å². The van der Waals surface area contributed by atoms with Crippen molar-refractivity contribution < 1.29 is 23.1 Å². The zero-order valence-corrected chi connectivity index (χ0v) is 20.9. The highest BCUT2D eigenvalue weighted by Crippen LogP contribution is 2.31. The highest BCUT2D eigenvalue weighted by molar-refractivity contribution is 7.94. The summed E-state index contributed by atoms with van der Waals surface area (Å²) in [6.07, 6.45) is 4.20. The number of carbonyl (C=O) groups excluding carboxylic acids is 1. The van der Waals surface area contributed by atoms with E-state index in [2.05, 4.69) is 25.3 Å². The van der Waals surface area contributed by atoms with Gasteiger partial charge in [0.2, 0.25) is 0 Å². The van der Waals surface area contributed by atoms with E-state index in [0.29, 0.717) is 47.7 Å². The van der Waals surface area contributed by atoms with Gasteiger partial charge < -0.3 is 15.0 Å². The molecule has 10 nitrogen and oxygen atoms in total. The van der Waals surface area contributed by atoms with Crippen LogP contribution in [0.4, 0.5) is 20.7 Å². The molecule has 4 aromatic rings. The predicted octanol–water partition coefficient (Wildman–Crippen LogP) is 5.27. The van der Waals surface area contributed by atoms with Gasteiger partial charge in [0.1, 0.15) is 24.6 Å². The summed E-state index contributed by atoms with van der Waals surface area (Å²) >= 11 is 0.913. The zero-order valence-electron chi connectivity index (χ0n) is 20.0. The summed E-state index contributed by atoms with van der Waals surface area (Å²) in [5, 5.41) is 8.26. The number of carbonyl (C=O) groups is 1. The number of nitrogens with one attached hydrogen (secondary N) is 1. The van der Waals surface area contributed by atoms with Crippen molar-refractivity contribution in [3.63, 3.8) is 0 Å². The van der Waals surface area contributed by atoms with E-state index in [0.717, 1.165) is 17.6 Å². The van der Waals surface area contributed by atoms with E-state index in [-0.39, 0.29) is 24.4 Å². The van der Waals surface area contributed by atoms with Crippen molar-refractivity contribution in [2.45, 2.75) is 30.4 Å². The van der Waals surface area contributed by atoms with Crippen LogP contribution in [-0.2, 0) is 20.6 Å². The van der Waals surface area contributed by atoms with E-state index in [9.17, 15) is 9.18 Å². The van der Waals surface area contributed by atoms with Crippen LogP contribution >= 0.6 is 12.0 Å². The average Bonchev–Trinajstić information content (AvgIpc) is 3.38. The minimum Gasteiger partial charge on any atom is -0.445 e. The molecule has 2 aromatic carbocycles. The molecule has 1 N–H and O–H groups in total. The lowest BCUT2D eigenvalue weighted by atomic mass is 10.1. The van der Waals surface area contributed by atoms with Gasteiger partial charge in [-0.15, -0.1) is 0 Å². The lowest BCUT2D eigenvalue weighted by Gasteiger charge is -2.31. The standard InChI is InChI=1S/C25H25FN6O4S/c1-34-36-37-19-7-8-22(21(26)13-19)30-23-20-14-29-32(24(20)28-16-27-23)18-9-11-31(12-10-18)25(33)35-15-17-5-3-2-4-6-17/h2-8,13-14,16,18H,9-12,15H2,1H3,(H,27,28,30). The van der Waals surface area contributed by atoms with E-state index in [1.54, 1.807) is 23.2 Å². The minimum atomic E-state index is -0.463. The van der Waals surface area contributed by atoms with E-state index in [4.69, 9.17) is 9.07 Å². The Balaban J connectivity index is 1.23. The molecule has 0 unspecified atom stereocenters. The monoisotopic (exact) mass is 524 g/mol. The van der Waals surface area contributed by atoms with Gasteiger partial charge in [-0.25, -0.2) is 28.7 Å². The smallest absolute Gasteiger partial charge is 0.410 e. The third-order valence-corrected chi connectivity index (χ3v) is 6.71. The first-order chi connectivity index (χ1) is 18.1. The van der Waals surface area contributed by atoms with Crippen LogP contribution in [0.15, 0.2) is 66.0 Å². The first-order valence-electron chi connectivity index (χ1n) is 11.7. The fourth-order valence-electron chi connectivity index (χ4n) is 4.18. The van der Waals surface area contributed by atoms with Crippen molar-refractivity contribution in [1.29, 1.82) is 0 Å². The van der Waals surface area contributed by atoms with Gasteiger partial charge in [0.05, 0.1) is 42.5 Å². The van der Waals surface area contributed by atoms with Gasteiger partial charge in [-0.3, -0.25) is 0 Å². The van der Waals surface area contributed by atoms with Crippen molar-refractivity contribution >= 4 is 40.7 Å². The highest BCUT2D eigenvalue weighted by atomic mass is 32.2. The quantitative estimate of drug-likeness (QED) is 0.188. The number of halogens is 1. The van der Waals surface area contributed by atoms with Crippen LogP contribution in [0.1, 0.15) is 24.4 Å². The molecule has 1 fully saturated rings. The maximum Gasteiger partial charge on any atom is 0.410 e. The second-order valence-corrected chi connectivity index (χ2v) is 9.17. The number of nitrogens with zero attached hydrogens (tertiary/aromatic N) is 5. The Bertz CT molecular complexity index is 1360. The molecule has 0 radical (unpaired) electrons. The second kappa shape index (κ2) is 11.5. The Morgan fingerprint density at radius 2 is 1.97 bits per heavy atom. The van der Waals surface area contributed by atoms with Gasteiger partial charge in [0.25, 0.3) is 0 Å². The van der Waals surface area contributed by atoms with Crippen LogP contribution < -0.4 is 5.32 Å². The van der Waals surface area contributed by atoms with Crippen molar-refractivity contribution in [3.8, 4) is 0 Å². The Morgan fingerprint density at radius 1 is 1.16 bits per heavy atom. The first-order valence-corrected chi connectivity index (χ1v) is 12.4. The number of fused-ring (bicyclic) bond motifs is 1. The first kappa shape index (κ1) is 24.9. The Hall–Kier alpha value is -3.74. The van der Waals surface area contributed by atoms with Crippen molar-refractivity contribution in [2.75, 3.05) is 25.5 Å². The SMILES string of the molecule is COOSc1ccc(Nc2ncnc3c2cnn3C2CCN(C(=O)OCc3ccccc3)CC2)c(F)c1. The van der Waals surface area contributed by atoms with Gasteiger partial charge in [-0.1, -0.05) is 30.3 Å². The molecule has 5 rings (SSSR count). The Morgan fingerprint density at radius 3 is 2.73 bits per heavy atom. The third-order valence-electron chi connectivity index (χ3n) is 6.06. The van der Waals surface area contributed by atoms with Gasteiger partial charge in [0, 0.05) is 18.0 Å². The van der Waals surface area contributed by atoms with Gasteiger partial charge in [0.15, 0.2) is 5.65 Å². The van der Waals surface area contributed by atoms with Gasteiger partial charge >= 0.3 is 6.09 Å². The highest BCUT2D eigenvalue weighted by Gasteiger charge is 2.27. The summed E-state index contributed by atoms with van der Waals surface area (Å²) < 4.78 is 26.7. The summed E-state index contributed by atoms with van der Waals surface area (Å²) in [5.74, 6) is -0.0130. The number of anilines is 2. The molecule has 2 aromatic heterocycles. The molecule has 1 aliphatic rings. The van der Waals surface area contributed by atoms with Crippen LogP contribution in [0.5, 0.6) is 0 Å². The lowest BCUT2D eigenvalue weighted by molar-refractivity contribution is -0.160. The van der Waals surface area contributed by atoms with E-state index < -0.39 is 5.82 Å². The predicted molar refractivity (Wildman–Crippen MR) is 135 cm³/mol. The summed E-state index contributed by atoms with van der Waals surface area (Å²) in [4.78, 5) is 28.0. The number of amides is 1. The molecular weight excluding hydrogens is 499 g/mol. The largest absolute Gasteiger partial charge is 0.445 e. The number of hydrogen-bond donors (Lipinski definition) is 1. The van der Waals surface area contributed by atoms with Crippen LogP contribution in [0.3, 0.4) is 0 Å².